The van der Waals surface area contributed by atoms with E-state index in [0.29, 0.717) is 0 Å². The number of fused-ring (bicyclic) bond motifs is 2. The number of likely N-dealkylation sites (N-methyl/N-ethyl adjacent to an activating group) is 1. The fourth-order valence-corrected chi connectivity index (χ4v) is 8.36. The van der Waals surface area contributed by atoms with Crippen molar-refractivity contribution < 1.29 is 112 Å². The Morgan fingerprint density at radius 1 is 0.662 bits per heavy atom. The molecule has 68 heavy (non-hydrogen) atoms. The molecule has 3 aliphatic rings. The number of nitrogens with zero attached hydrogens (tertiary/aromatic N) is 1. The van der Waals surface area contributed by atoms with Crippen molar-refractivity contribution in [2.45, 2.75) is 177 Å². The minimum absolute atomic E-state index is 0. The third-order valence-corrected chi connectivity index (χ3v) is 12.4. The maximum Gasteiger partial charge on any atom is 0.308 e. The van der Waals surface area contributed by atoms with Crippen LogP contribution in [0.2, 0.25) is 0 Å². The van der Waals surface area contributed by atoms with Gasteiger partial charge in [-0.05, 0) is 47.2 Å². The third kappa shape index (κ3) is 21.3. The molecule has 2 bridgehead atoms. The van der Waals surface area contributed by atoms with Gasteiger partial charge in [0, 0.05) is 82.4 Å². The summed E-state index contributed by atoms with van der Waals surface area (Å²) in [6, 6.07) is -0.760. The SMILES string of the molecule is C[C@@H]1[C@H](O)[C@@H](C)/C=C/C=C/C=C/C=C/C=C/C=C/C=C/[C@H](OC2O[C@H](C)[C@@H](O)[C@H](N(C)C)[C@@H]2O)C[C@@H]2O[C@](O)(C[C@@H](O)C[C@@H](O)[C@H](O)CC[C@@H](O)C[C@@H](O)CC(=O)O[C@H]1C)C[C@H](O)[C@H]2[C-]=O.[CH3-].[Y]. The number of aliphatic hydroxyl groups excluding tert-OH is 9. The van der Waals surface area contributed by atoms with Crippen molar-refractivity contribution in [3.05, 3.63) is 92.5 Å². The van der Waals surface area contributed by atoms with Gasteiger partial charge in [-0.1, -0.05) is 105 Å². The summed E-state index contributed by atoms with van der Waals surface area (Å²) in [6.45, 7) is 6.88. The van der Waals surface area contributed by atoms with Crippen molar-refractivity contribution in [3.63, 3.8) is 0 Å². The summed E-state index contributed by atoms with van der Waals surface area (Å²) in [7, 11) is 3.39. The fourth-order valence-electron chi connectivity index (χ4n) is 8.36. The van der Waals surface area contributed by atoms with Crippen molar-refractivity contribution in [1.82, 2.24) is 4.90 Å². The van der Waals surface area contributed by atoms with Crippen LogP contribution in [-0.4, -0.2) is 180 Å². The Morgan fingerprint density at radius 2 is 1.22 bits per heavy atom. The molecule has 0 spiro atoms. The number of hydrogen-bond donors (Lipinski definition) is 10. The summed E-state index contributed by atoms with van der Waals surface area (Å²) in [5.41, 5.74) is 0. The Bertz CT molecular complexity index is 1670. The Hall–Kier alpha value is -2.14. The molecule has 0 saturated carbocycles. The third-order valence-electron chi connectivity index (χ3n) is 12.4. The second-order valence-corrected chi connectivity index (χ2v) is 18.2. The van der Waals surface area contributed by atoms with E-state index < -0.39 is 141 Å². The quantitative estimate of drug-likeness (QED) is 0.142. The maximum absolute atomic E-state index is 12.6. The predicted molar refractivity (Wildman–Crippen MR) is 251 cm³/mol. The summed E-state index contributed by atoms with van der Waals surface area (Å²) < 4.78 is 23.6. The summed E-state index contributed by atoms with van der Waals surface area (Å²) >= 11 is 0. The summed E-state index contributed by atoms with van der Waals surface area (Å²) in [5, 5.41) is 109. The van der Waals surface area contributed by atoms with Gasteiger partial charge in [-0.25, -0.2) is 0 Å². The van der Waals surface area contributed by atoms with Crippen molar-refractivity contribution in [1.29, 1.82) is 0 Å². The Kier molecular flexibility index (Phi) is 30.1. The molecular formula is C50H79NO16Y-2. The first-order valence-electron chi connectivity index (χ1n) is 22.9. The number of hydrogen-bond acceptors (Lipinski definition) is 17. The first-order chi connectivity index (χ1) is 31.2. The minimum Gasteiger partial charge on any atom is -0.541 e. The molecule has 0 amide bonds. The molecular weight excluding hydrogens is 959 g/mol. The molecule has 2 fully saturated rings. The second kappa shape index (κ2) is 32.0. The van der Waals surface area contributed by atoms with Crippen molar-refractivity contribution in [2.24, 2.45) is 17.8 Å². The molecule has 3 rings (SSSR count). The molecule has 17 nitrogen and oxygen atoms in total. The molecule has 0 aliphatic carbocycles. The molecule has 2 saturated heterocycles. The van der Waals surface area contributed by atoms with Crippen LogP contribution in [0.15, 0.2) is 85.1 Å². The van der Waals surface area contributed by atoms with E-state index in [1.807, 2.05) is 49.5 Å². The van der Waals surface area contributed by atoms with E-state index in [9.17, 15) is 60.7 Å². The molecule has 10 N–H and O–H groups in total. The Balaban J connectivity index is 0.0000116. The van der Waals surface area contributed by atoms with Crippen molar-refractivity contribution in [3.8, 4) is 0 Å². The molecule has 0 aromatic carbocycles. The average Bonchev–Trinajstić information content (AvgIpc) is 3.23. The first kappa shape index (κ1) is 63.9. The largest absolute Gasteiger partial charge is 0.541 e. The zero-order valence-electron chi connectivity index (χ0n) is 40.6. The number of allylic oxidation sites excluding steroid dienone is 12. The molecule has 18 heteroatoms. The average molecular weight is 1040 g/mol. The van der Waals surface area contributed by atoms with Crippen LogP contribution < -0.4 is 0 Å². The number of cyclic esters (lactones) is 1. The molecule has 3 heterocycles. The number of ether oxygens (including phenoxy) is 4. The molecule has 1 unspecified atom stereocenters. The van der Waals surface area contributed by atoms with E-state index in [4.69, 9.17) is 18.9 Å². The smallest absolute Gasteiger partial charge is 0.308 e. The van der Waals surface area contributed by atoms with Crippen LogP contribution in [0.1, 0.15) is 79.1 Å². The summed E-state index contributed by atoms with van der Waals surface area (Å²) in [6.07, 6.45) is 7.61. The Morgan fingerprint density at radius 3 is 1.78 bits per heavy atom. The molecule has 1 radical (unpaired) electrons. The summed E-state index contributed by atoms with van der Waals surface area (Å²) in [5.74, 6) is -4.92. The van der Waals surface area contributed by atoms with Gasteiger partial charge in [-0.15, -0.1) is 0 Å². The molecule has 0 aromatic rings. The standard InChI is InChI=1S/C49H76NO16.CH3.Y/c1-30-19-17-15-13-11-9-7-8-10-12-14-16-18-20-37(65-48-47(61)44(50(5)6)46(60)33(4)64-48)26-42-38(29-51)41(57)28-49(62,66-42)27-36(54)24-40(56)39(55)22-21-34(52)23-35(53)25-43(58)63-32(3)31(2)45(30)59;;/h7-20,30-42,44-48,52-57,59-62H,21-28H2,1-6H3;1H3;/q2*-1;/b8-7+,11-9+,12-10+,15-13+,16-14+,19-17+,20-18+;;/t30-,31-,32-,33+,34+,35+,36-,37-,38+,39+,40+,41-,42-,44-,45+,46+,47-,48?,49+;;/m0../s1. The zero-order chi connectivity index (χ0) is 49.1. The van der Waals surface area contributed by atoms with Crippen LogP contribution in [0.4, 0.5) is 0 Å². The van der Waals surface area contributed by atoms with Crippen LogP contribution in [0.3, 0.4) is 0 Å². The minimum atomic E-state index is -2.22. The van der Waals surface area contributed by atoms with Crippen LogP contribution >= 0.6 is 0 Å². The van der Waals surface area contributed by atoms with Crippen molar-refractivity contribution in [2.75, 3.05) is 14.1 Å². The number of esters is 1. The van der Waals surface area contributed by atoms with Crippen LogP contribution in [0.25, 0.3) is 0 Å². The van der Waals surface area contributed by atoms with Gasteiger partial charge in [0.2, 0.25) is 0 Å². The predicted octanol–water partition coefficient (Wildman–Crippen LogP) is 1.79. The normalized spacial score (nSPS) is 43.8. The maximum atomic E-state index is 12.6. The topological polar surface area (TPSA) is 277 Å². The number of carbonyl (C=O) groups is 1. The van der Waals surface area contributed by atoms with Gasteiger partial charge in [0.1, 0.15) is 12.2 Å². The van der Waals surface area contributed by atoms with Gasteiger partial charge in [-0.2, -0.15) is 0 Å². The zero-order valence-corrected chi connectivity index (χ0v) is 43.4. The van der Waals surface area contributed by atoms with Gasteiger partial charge in [0.15, 0.2) is 12.1 Å². The van der Waals surface area contributed by atoms with Gasteiger partial charge in [0.25, 0.3) is 0 Å². The number of carbonyl (C=O) groups excluding carboxylic acids is 2. The van der Waals surface area contributed by atoms with E-state index in [1.54, 1.807) is 88.6 Å². The number of aliphatic hydroxyl groups is 10. The number of rotatable bonds is 4. The summed E-state index contributed by atoms with van der Waals surface area (Å²) in [4.78, 5) is 26.5. The van der Waals surface area contributed by atoms with Gasteiger partial charge in [-0.3, -0.25) is 11.1 Å². The van der Waals surface area contributed by atoms with E-state index in [2.05, 4.69) is 0 Å². The monoisotopic (exact) mass is 1040 g/mol. The van der Waals surface area contributed by atoms with Gasteiger partial charge < -0.3 is 87.1 Å². The van der Waals surface area contributed by atoms with Crippen LogP contribution in [-0.2, 0) is 61.2 Å². The fraction of sp³-hybridized carbons (Fsp3) is 0.660. The van der Waals surface area contributed by atoms with Crippen LogP contribution in [0.5, 0.6) is 0 Å². The molecule has 0 aromatic heterocycles. The van der Waals surface area contributed by atoms with E-state index in [0.717, 1.165) is 0 Å². The first-order valence-corrected chi connectivity index (χ1v) is 22.9. The van der Waals surface area contributed by atoms with E-state index >= 15 is 0 Å². The van der Waals surface area contributed by atoms with Crippen molar-refractivity contribution >= 4 is 12.3 Å². The van der Waals surface area contributed by atoms with Crippen LogP contribution in [0, 0.1) is 25.2 Å². The van der Waals surface area contributed by atoms with Gasteiger partial charge >= 0.3 is 5.97 Å². The second-order valence-electron chi connectivity index (χ2n) is 18.2. The molecule has 385 valence electrons. The van der Waals surface area contributed by atoms with E-state index in [-0.39, 0.29) is 71.7 Å². The molecule has 3 aliphatic heterocycles. The molecule has 19 atom stereocenters. The Labute approximate surface area is 428 Å². The van der Waals surface area contributed by atoms with E-state index in [1.165, 1.54) is 0 Å². The van der Waals surface area contributed by atoms with Gasteiger partial charge in [0.05, 0.1) is 67.4 Å².